The minimum Gasteiger partial charge on any atom is -0.480 e. The molecule has 21 heavy (non-hydrogen) atoms. The van der Waals surface area contributed by atoms with E-state index in [2.05, 4.69) is 6.07 Å². The van der Waals surface area contributed by atoms with Crippen LogP contribution in [0.3, 0.4) is 0 Å². The zero-order valence-electron chi connectivity index (χ0n) is 12.7. The van der Waals surface area contributed by atoms with E-state index in [-0.39, 0.29) is 5.41 Å². The van der Waals surface area contributed by atoms with Crippen molar-refractivity contribution in [1.82, 2.24) is 0 Å². The van der Waals surface area contributed by atoms with E-state index in [1.807, 2.05) is 43.0 Å². The number of anilines is 1. The summed E-state index contributed by atoms with van der Waals surface area (Å²) >= 11 is 0. The molecule has 1 aliphatic rings. The number of para-hydroxylation sites is 1. The fourth-order valence-corrected chi connectivity index (χ4v) is 2.85. The van der Waals surface area contributed by atoms with Crippen LogP contribution in [0.5, 0.6) is 0 Å². The summed E-state index contributed by atoms with van der Waals surface area (Å²) in [6.07, 6.45) is 3.26. The van der Waals surface area contributed by atoms with Crippen LogP contribution >= 0.6 is 0 Å². The maximum Gasteiger partial charge on any atom is 0.326 e. The number of benzene rings is 1. The van der Waals surface area contributed by atoms with Crippen LogP contribution in [0.2, 0.25) is 0 Å². The summed E-state index contributed by atoms with van der Waals surface area (Å²) in [6, 6.07) is 9.76. The Bertz CT molecular complexity index is 560. The topological polar surface area (TPSA) is 64.3 Å². The maximum atomic E-state index is 11.4. The van der Waals surface area contributed by atoms with E-state index in [1.54, 1.807) is 0 Å². The van der Waals surface area contributed by atoms with E-state index >= 15 is 0 Å². The Morgan fingerprint density at radius 3 is 2.81 bits per heavy atom. The third-order valence-corrected chi connectivity index (χ3v) is 4.13. The molecule has 2 rings (SSSR count). The van der Waals surface area contributed by atoms with E-state index in [9.17, 15) is 9.90 Å². The first-order chi connectivity index (χ1) is 9.94. The number of rotatable bonds is 6. The fourth-order valence-electron chi connectivity index (χ4n) is 2.85. The molecule has 112 valence electrons. The van der Waals surface area contributed by atoms with Crippen molar-refractivity contribution in [2.45, 2.75) is 45.6 Å². The van der Waals surface area contributed by atoms with E-state index in [0.29, 0.717) is 6.42 Å². The van der Waals surface area contributed by atoms with Crippen LogP contribution < -0.4 is 4.90 Å². The number of nitriles is 1. The molecule has 0 aromatic heterocycles. The highest BCUT2D eigenvalue weighted by Gasteiger charge is 2.33. The Morgan fingerprint density at radius 1 is 1.43 bits per heavy atom. The van der Waals surface area contributed by atoms with Gasteiger partial charge >= 0.3 is 5.97 Å². The molecule has 0 radical (unpaired) electrons. The summed E-state index contributed by atoms with van der Waals surface area (Å²) in [5.74, 6) is -0.761. The fraction of sp³-hybridized carbons (Fsp3) is 0.529. The first-order valence-corrected chi connectivity index (χ1v) is 7.43. The lowest BCUT2D eigenvalue weighted by Crippen LogP contribution is -2.39. The van der Waals surface area contributed by atoms with Crippen molar-refractivity contribution in [3.8, 4) is 6.07 Å². The molecule has 0 fully saturated rings. The highest BCUT2D eigenvalue weighted by atomic mass is 16.4. The number of nitrogens with zero attached hydrogens (tertiary/aromatic N) is 2. The minimum atomic E-state index is -0.761. The predicted octanol–water partition coefficient (Wildman–Crippen LogP) is 3.22. The lowest BCUT2D eigenvalue weighted by molar-refractivity contribution is -0.138. The largest absolute Gasteiger partial charge is 0.480 e. The number of unbranched alkanes of at least 4 members (excludes halogenated alkanes) is 1. The van der Waals surface area contributed by atoms with Crippen LogP contribution in [0.15, 0.2) is 24.3 Å². The number of hydrogen-bond acceptors (Lipinski definition) is 3. The first kappa shape index (κ1) is 15.4. The van der Waals surface area contributed by atoms with Gasteiger partial charge in [-0.25, -0.2) is 4.79 Å². The van der Waals surface area contributed by atoms with Crippen LogP contribution in [0.4, 0.5) is 5.69 Å². The van der Waals surface area contributed by atoms with Gasteiger partial charge in [0.05, 0.1) is 11.5 Å². The minimum absolute atomic E-state index is 0.297. The highest BCUT2D eigenvalue weighted by Crippen LogP contribution is 2.32. The monoisotopic (exact) mass is 286 g/mol. The summed E-state index contributed by atoms with van der Waals surface area (Å²) in [7, 11) is 0. The van der Waals surface area contributed by atoms with Crippen molar-refractivity contribution in [2.24, 2.45) is 5.41 Å². The number of carbonyl (C=O) groups is 1. The van der Waals surface area contributed by atoms with E-state index in [1.165, 1.54) is 0 Å². The lowest BCUT2D eigenvalue weighted by atomic mass is 9.89. The molecular weight excluding hydrogens is 264 g/mol. The maximum absolute atomic E-state index is 11.4. The van der Waals surface area contributed by atoms with Gasteiger partial charge in [-0.15, -0.1) is 0 Å². The highest BCUT2D eigenvalue weighted by molar-refractivity contribution is 5.82. The third kappa shape index (κ3) is 3.55. The molecule has 0 saturated heterocycles. The molecule has 1 N–H and O–H groups in total. The van der Waals surface area contributed by atoms with Gasteiger partial charge in [-0.05, 0) is 38.3 Å². The Morgan fingerprint density at radius 2 is 2.14 bits per heavy atom. The molecule has 4 nitrogen and oxygen atoms in total. The Balaban J connectivity index is 1.97. The second-order valence-corrected chi connectivity index (χ2v) is 6.33. The van der Waals surface area contributed by atoms with Crippen molar-refractivity contribution < 1.29 is 9.90 Å². The van der Waals surface area contributed by atoms with Crippen LogP contribution in [-0.4, -0.2) is 23.7 Å². The Hall–Kier alpha value is -2.02. The number of carboxylic acid groups (broad SMARTS) is 1. The zero-order valence-corrected chi connectivity index (χ0v) is 12.7. The molecule has 1 heterocycles. The summed E-state index contributed by atoms with van der Waals surface area (Å²) in [4.78, 5) is 13.4. The molecule has 0 aliphatic carbocycles. The van der Waals surface area contributed by atoms with Crippen molar-refractivity contribution in [1.29, 1.82) is 5.26 Å². The molecular formula is C17H22N2O2. The van der Waals surface area contributed by atoms with Gasteiger partial charge in [-0.2, -0.15) is 5.26 Å². The average molecular weight is 286 g/mol. The van der Waals surface area contributed by atoms with Crippen molar-refractivity contribution in [3.05, 3.63) is 29.8 Å². The third-order valence-electron chi connectivity index (χ3n) is 4.13. The molecule has 0 bridgehead atoms. The van der Waals surface area contributed by atoms with Crippen molar-refractivity contribution in [2.75, 3.05) is 11.4 Å². The molecule has 0 saturated carbocycles. The molecule has 0 spiro atoms. The second kappa shape index (κ2) is 6.17. The SMILES string of the molecule is CC(C)(C#N)CCCCN1c2ccccc2CC1C(=O)O. The Labute approximate surface area is 126 Å². The lowest BCUT2D eigenvalue weighted by Gasteiger charge is -2.25. The van der Waals surface area contributed by atoms with Gasteiger partial charge < -0.3 is 10.0 Å². The molecule has 1 atom stereocenters. The number of hydrogen-bond donors (Lipinski definition) is 1. The van der Waals surface area contributed by atoms with Crippen molar-refractivity contribution in [3.63, 3.8) is 0 Å². The van der Waals surface area contributed by atoms with Gasteiger partial charge in [0.2, 0.25) is 0 Å². The van der Waals surface area contributed by atoms with Gasteiger partial charge in [0, 0.05) is 18.7 Å². The molecule has 0 amide bonds. The normalized spacial score (nSPS) is 17.4. The van der Waals surface area contributed by atoms with Gasteiger partial charge in [0.15, 0.2) is 0 Å². The van der Waals surface area contributed by atoms with E-state index < -0.39 is 12.0 Å². The van der Waals surface area contributed by atoms with Gasteiger partial charge in [-0.1, -0.05) is 24.6 Å². The number of carboxylic acids is 1. The summed E-state index contributed by atoms with van der Waals surface area (Å²) < 4.78 is 0. The van der Waals surface area contributed by atoms with E-state index in [4.69, 9.17) is 5.26 Å². The van der Waals surface area contributed by atoms with Gasteiger partial charge in [-0.3, -0.25) is 0 Å². The van der Waals surface area contributed by atoms with Gasteiger partial charge in [0.1, 0.15) is 6.04 Å². The van der Waals surface area contributed by atoms with Crippen molar-refractivity contribution >= 4 is 11.7 Å². The molecule has 4 heteroatoms. The molecule has 1 aromatic carbocycles. The predicted molar refractivity (Wildman–Crippen MR) is 82.2 cm³/mol. The van der Waals surface area contributed by atoms with Crippen LogP contribution in [0.1, 0.15) is 38.7 Å². The standard InChI is InChI=1S/C17H22N2O2/c1-17(2,12-18)9-5-6-10-19-14-8-4-3-7-13(14)11-15(19)16(20)21/h3-4,7-8,15H,5-6,9-11H2,1-2H3,(H,20,21). The van der Waals surface area contributed by atoms with E-state index in [0.717, 1.165) is 37.1 Å². The zero-order chi connectivity index (χ0) is 15.5. The van der Waals surface area contributed by atoms with Gasteiger partial charge in [0.25, 0.3) is 0 Å². The number of aliphatic carboxylic acids is 1. The number of fused-ring (bicyclic) bond motifs is 1. The summed E-state index contributed by atoms with van der Waals surface area (Å²) in [6.45, 7) is 4.62. The average Bonchev–Trinajstić information content (AvgIpc) is 2.83. The molecule has 1 aliphatic heterocycles. The van der Waals surface area contributed by atoms with Crippen LogP contribution in [-0.2, 0) is 11.2 Å². The quantitative estimate of drug-likeness (QED) is 0.815. The molecule has 1 aromatic rings. The van der Waals surface area contributed by atoms with Crippen LogP contribution in [0.25, 0.3) is 0 Å². The summed E-state index contributed by atoms with van der Waals surface area (Å²) in [5.41, 5.74) is 1.86. The smallest absolute Gasteiger partial charge is 0.326 e. The van der Waals surface area contributed by atoms with Crippen LogP contribution in [0, 0.1) is 16.7 Å². The second-order valence-electron chi connectivity index (χ2n) is 6.33. The molecule has 1 unspecified atom stereocenters. The Kier molecular flexibility index (Phi) is 4.52. The first-order valence-electron chi connectivity index (χ1n) is 7.43. The summed E-state index contributed by atoms with van der Waals surface area (Å²) in [5, 5.41) is 18.4.